The van der Waals surface area contributed by atoms with Crippen LogP contribution in [0.3, 0.4) is 0 Å². The Balaban J connectivity index is 1.93. The molecule has 0 heterocycles. The van der Waals surface area contributed by atoms with E-state index in [1.54, 1.807) is 13.8 Å². The highest BCUT2D eigenvalue weighted by Gasteiger charge is 2.40. The van der Waals surface area contributed by atoms with Crippen LogP contribution in [0.4, 0.5) is 11.4 Å². The molecular formula is C15H19N3O5. The van der Waals surface area contributed by atoms with Crippen molar-refractivity contribution < 1.29 is 19.6 Å². The van der Waals surface area contributed by atoms with Crippen LogP contribution in [0.2, 0.25) is 0 Å². The summed E-state index contributed by atoms with van der Waals surface area (Å²) in [6.45, 7) is 3.23. The van der Waals surface area contributed by atoms with E-state index in [2.05, 4.69) is 10.6 Å². The normalized spacial score (nSPS) is 16.3. The van der Waals surface area contributed by atoms with Crippen molar-refractivity contribution in [3.63, 3.8) is 0 Å². The quantitative estimate of drug-likeness (QED) is 0.426. The Morgan fingerprint density at radius 1 is 1.39 bits per heavy atom. The molecule has 1 aromatic rings. The molecule has 0 radical (unpaired) electrons. The largest absolute Gasteiger partial charge is 0.388 e. The molecule has 124 valence electrons. The molecule has 0 aliphatic heterocycles. The van der Waals surface area contributed by atoms with E-state index in [-0.39, 0.29) is 18.2 Å². The molecule has 8 nitrogen and oxygen atoms in total. The minimum absolute atomic E-state index is 0.00314. The zero-order chi connectivity index (χ0) is 17.2. The molecule has 0 saturated heterocycles. The molecule has 1 aliphatic rings. The fourth-order valence-electron chi connectivity index (χ4n) is 2.27. The zero-order valence-electron chi connectivity index (χ0n) is 13.0. The number of aliphatic hydroxyl groups is 1. The number of nitro groups is 1. The lowest BCUT2D eigenvalue weighted by Crippen LogP contribution is -2.45. The van der Waals surface area contributed by atoms with Crippen molar-refractivity contribution in [2.75, 3.05) is 11.9 Å². The van der Waals surface area contributed by atoms with Gasteiger partial charge >= 0.3 is 11.8 Å². The van der Waals surface area contributed by atoms with Crippen LogP contribution in [0.25, 0.3) is 0 Å². The van der Waals surface area contributed by atoms with Crippen LogP contribution >= 0.6 is 0 Å². The third kappa shape index (κ3) is 4.26. The van der Waals surface area contributed by atoms with Crippen molar-refractivity contribution in [1.82, 2.24) is 5.32 Å². The number of nitrogens with one attached hydrogen (secondary N) is 2. The Hall–Kier alpha value is -2.48. The number of anilines is 1. The summed E-state index contributed by atoms with van der Waals surface area (Å²) in [5, 5.41) is 25.6. The molecular weight excluding hydrogens is 302 g/mol. The van der Waals surface area contributed by atoms with Gasteiger partial charge in [0.1, 0.15) is 0 Å². The van der Waals surface area contributed by atoms with E-state index in [0.29, 0.717) is 11.3 Å². The molecule has 3 N–H and O–H groups in total. The second kappa shape index (κ2) is 6.33. The van der Waals surface area contributed by atoms with Crippen LogP contribution < -0.4 is 10.6 Å². The van der Waals surface area contributed by atoms with Gasteiger partial charge in [-0.1, -0.05) is 0 Å². The number of carbonyl (C=O) groups is 2. The van der Waals surface area contributed by atoms with Gasteiger partial charge in [-0.05, 0) is 44.2 Å². The molecule has 0 aromatic heterocycles. The number of nitrogens with zero attached hydrogens (tertiary/aromatic N) is 1. The highest BCUT2D eigenvalue weighted by Crippen LogP contribution is 2.38. The highest BCUT2D eigenvalue weighted by atomic mass is 16.6. The lowest BCUT2D eigenvalue weighted by atomic mass is 10.0. The molecule has 1 saturated carbocycles. The summed E-state index contributed by atoms with van der Waals surface area (Å²) < 4.78 is 0. The van der Waals surface area contributed by atoms with Crippen LogP contribution in [-0.2, 0) is 9.59 Å². The highest BCUT2D eigenvalue weighted by molar-refractivity contribution is 6.39. The van der Waals surface area contributed by atoms with E-state index in [4.69, 9.17) is 0 Å². The van der Waals surface area contributed by atoms with E-state index >= 15 is 0 Å². The maximum atomic E-state index is 11.8. The molecule has 8 heteroatoms. The van der Waals surface area contributed by atoms with Gasteiger partial charge in [-0.2, -0.15) is 0 Å². The second-order valence-corrected chi connectivity index (χ2v) is 6.02. The van der Waals surface area contributed by atoms with Crippen molar-refractivity contribution in [1.29, 1.82) is 0 Å². The SMILES string of the molecule is Cc1cc([N+](=O)[O-])ccc1NC(=O)C(=O)NCC(C)(O)C1CC1. The summed E-state index contributed by atoms with van der Waals surface area (Å²) in [6, 6.07) is 3.93. The number of hydrogen-bond donors (Lipinski definition) is 3. The standard InChI is InChI=1S/C15H19N3O5/c1-9-7-11(18(22)23)5-6-12(9)17-14(20)13(19)16-8-15(2,21)10-3-4-10/h5-7,10,21H,3-4,8H2,1-2H3,(H,16,19)(H,17,20). The van der Waals surface area contributed by atoms with Crippen LogP contribution in [0.5, 0.6) is 0 Å². The molecule has 23 heavy (non-hydrogen) atoms. The van der Waals surface area contributed by atoms with Gasteiger partial charge < -0.3 is 15.7 Å². The smallest absolute Gasteiger partial charge is 0.313 e. The van der Waals surface area contributed by atoms with Gasteiger partial charge in [0.25, 0.3) is 5.69 Å². The monoisotopic (exact) mass is 321 g/mol. The maximum Gasteiger partial charge on any atom is 0.313 e. The van der Waals surface area contributed by atoms with Crippen LogP contribution in [0, 0.1) is 23.0 Å². The first-order chi connectivity index (χ1) is 10.7. The van der Waals surface area contributed by atoms with Gasteiger partial charge in [-0.3, -0.25) is 19.7 Å². The first kappa shape index (κ1) is 16.9. The van der Waals surface area contributed by atoms with Crippen LogP contribution in [-0.4, -0.2) is 34.0 Å². The molecule has 2 amide bonds. The Bertz CT molecular complexity index is 653. The lowest BCUT2D eigenvalue weighted by molar-refractivity contribution is -0.384. The number of amides is 2. The Kier molecular flexibility index (Phi) is 4.65. The molecule has 1 aliphatic carbocycles. The van der Waals surface area contributed by atoms with Crippen molar-refractivity contribution in [2.45, 2.75) is 32.3 Å². The minimum Gasteiger partial charge on any atom is -0.388 e. The van der Waals surface area contributed by atoms with Crippen LogP contribution in [0.15, 0.2) is 18.2 Å². The number of aryl methyl sites for hydroxylation is 1. The molecule has 0 bridgehead atoms. The van der Waals surface area contributed by atoms with Gasteiger partial charge in [-0.25, -0.2) is 0 Å². The first-order valence-electron chi connectivity index (χ1n) is 7.27. The summed E-state index contributed by atoms with van der Waals surface area (Å²) in [5.74, 6) is -1.58. The van der Waals surface area contributed by atoms with Gasteiger partial charge in [0.2, 0.25) is 0 Å². The first-order valence-corrected chi connectivity index (χ1v) is 7.27. The average Bonchev–Trinajstić information content (AvgIpc) is 3.31. The van der Waals surface area contributed by atoms with E-state index in [9.17, 15) is 24.8 Å². The third-order valence-corrected chi connectivity index (χ3v) is 3.94. The Morgan fingerprint density at radius 3 is 2.57 bits per heavy atom. The summed E-state index contributed by atoms with van der Waals surface area (Å²) >= 11 is 0. The van der Waals surface area contributed by atoms with E-state index in [0.717, 1.165) is 12.8 Å². The molecule has 1 atom stereocenters. The van der Waals surface area contributed by atoms with E-state index in [1.807, 2.05) is 0 Å². The molecule has 1 unspecified atom stereocenters. The number of rotatable bonds is 5. The lowest BCUT2D eigenvalue weighted by Gasteiger charge is -2.23. The number of nitro benzene ring substituents is 1. The van der Waals surface area contributed by atoms with Gasteiger partial charge in [0, 0.05) is 24.4 Å². The number of non-ortho nitro benzene ring substituents is 1. The Morgan fingerprint density at radius 2 is 2.04 bits per heavy atom. The molecule has 1 fully saturated rings. The van der Waals surface area contributed by atoms with Crippen molar-refractivity contribution >= 4 is 23.2 Å². The average molecular weight is 321 g/mol. The Labute approximate surface area is 133 Å². The number of benzene rings is 1. The zero-order valence-corrected chi connectivity index (χ0v) is 13.0. The fourth-order valence-corrected chi connectivity index (χ4v) is 2.27. The minimum atomic E-state index is -1.01. The topological polar surface area (TPSA) is 122 Å². The van der Waals surface area contributed by atoms with Crippen LogP contribution in [0.1, 0.15) is 25.3 Å². The van der Waals surface area contributed by atoms with E-state index < -0.39 is 22.3 Å². The van der Waals surface area contributed by atoms with Crippen molar-refractivity contribution in [3.05, 3.63) is 33.9 Å². The van der Waals surface area contributed by atoms with Gasteiger partial charge in [-0.15, -0.1) is 0 Å². The summed E-state index contributed by atoms with van der Waals surface area (Å²) in [5.41, 5.74) is -0.306. The maximum absolute atomic E-state index is 11.8. The number of hydrogen-bond acceptors (Lipinski definition) is 5. The van der Waals surface area contributed by atoms with Crippen molar-refractivity contribution in [3.8, 4) is 0 Å². The van der Waals surface area contributed by atoms with Crippen molar-refractivity contribution in [2.24, 2.45) is 5.92 Å². The summed E-state index contributed by atoms with van der Waals surface area (Å²) in [7, 11) is 0. The predicted octanol–water partition coefficient (Wildman–Crippen LogP) is 1.12. The summed E-state index contributed by atoms with van der Waals surface area (Å²) in [6.07, 6.45) is 1.83. The second-order valence-electron chi connectivity index (χ2n) is 6.02. The predicted molar refractivity (Wildman–Crippen MR) is 82.8 cm³/mol. The third-order valence-electron chi connectivity index (χ3n) is 3.94. The summed E-state index contributed by atoms with van der Waals surface area (Å²) in [4.78, 5) is 33.8. The fraction of sp³-hybridized carbons (Fsp3) is 0.467. The van der Waals surface area contributed by atoms with Gasteiger partial charge in [0.15, 0.2) is 0 Å². The molecule has 2 rings (SSSR count). The van der Waals surface area contributed by atoms with Gasteiger partial charge in [0.05, 0.1) is 10.5 Å². The van der Waals surface area contributed by atoms with E-state index in [1.165, 1.54) is 18.2 Å². The number of carbonyl (C=O) groups excluding carboxylic acids is 2. The molecule has 1 aromatic carbocycles. The molecule has 0 spiro atoms.